The standard InChI is InChI=1S/C18H20Cl2N4O4/c1-24(9-14(25)21-11-2-3-12(19)13(20)8-11)15(26)10-4-6-18(7-5-10)16(27)22-17(28)23-18/h2-3,8,10H,4-7,9H2,1H3,(H,21,25)(H2,22,23,27,28). The van der Waals surface area contributed by atoms with Crippen LogP contribution in [-0.4, -0.2) is 47.8 Å². The molecular formula is C18H20Cl2N4O4. The smallest absolute Gasteiger partial charge is 0.322 e. The lowest BCUT2D eigenvalue weighted by Gasteiger charge is -2.35. The van der Waals surface area contributed by atoms with Gasteiger partial charge in [0.2, 0.25) is 11.8 Å². The maximum atomic E-state index is 12.7. The lowest BCUT2D eigenvalue weighted by molar-refractivity contribution is -0.139. The maximum Gasteiger partial charge on any atom is 0.322 e. The van der Waals surface area contributed by atoms with Gasteiger partial charge in [0.05, 0.1) is 16.6 Å². The number of hydrogen-bond acceptors (Lipinski definition) is 4. The van der Waals surface area contributed by atoms with E-state index in [1.165, 1.54) is 11.0 Å². The summed E-state index contributed by atoms with van der Waals surface area (Å²) in [7, 11) is 1.56. The number of urea groups is 1. The molecule has 3 N–H and O–H groups in total. The third-order valence-corrected chi connectivity index (χ3v) is 5.90. The van der Waals surface area contributed by atoms with Gasteiger partial charge in [-0.15, -0.1) is 0 Å². The number of carbonyl (C=O) groups excluding carboxylic acids is 4. The minimum Gasteiger partial charge on any atom is -0.336 e. The Labute approximate surface area is 171 Å². The molecule has 150 valence electrons. The molecular weight excluding hydrogens is 407 g/mol. The predicted molar refractivity (Wildman–Crippen MR) is 104 cm³/mol. The van der Waals surface area contributed by atoms with E-state index in [1.807, 2.05) is 0 Å². The number of nitrogens with one attached hydrogen (secondary N) is 3. The van der Waals surface area contributed by atoms with E-state index in [0.29, 0.717) is 41.4 Å². The van der Waals surface area contributed by atoms with E-state index in [2.05, 4.69) is 16.0 Å². The molecule has 1 saturated heterocycles. The summed E-state index contributed by atoms with van der Waals surface area (Å²) in [5.74, 6) is -1.15. The van der Waals surface area contributed by atoms with Crippen molar-refractivity contribution in [2.75, 3.05) is 18.9 Å². The molecule has 1 aromatic rings. The van der Waals surface area contributed by atoms with Crippen molar-refractivity contribution in [1.29, 1.82) is 0 Å². The van der Waals surface area contributed by atoms with Crippen LogP contribution in [0.4, 0.5) is 10.5 Å². The molecule has 1 heterocycles. The number of imide groups is 1. The Hall–Kier alpha value is -2.32. The quantitative estimate of drug-likeness (QED) is 0.640. The van der Waals surface area contributed by atoms with Crippen molar-refractivity contribution in [3.8, 4) is 0 Å². The van der Waals surface area contributed by atoms with Gasteiger partial charge in [-0.1, -0.05) is 23.2 Å². The van der Waals surface area contributed by atoms with Crippen LogP contribution < -0.4 is 16.0 Å². The Kier molecular flexibility index (Phi) is 5.81. The van der Waals surface area contributed by atoms with Crippen molar-refractivity contribution in [3.63, 3.8) is 0 Å². The zero-order chi connectivity index (χ0) is 20.5. The van der Waals surface area contributed by atoms with Crippen LogP contribution in [0, 0.1) is 5.92 Å². The van der Waals surface area contributed by atoms with Gasteiger partial charge in [0.1, 0.15) is 5.54 Å². The normalized spacial score (nSPS) is 23.9. The monoisotopic (exact) mass is 426 g/mol. The number of nitrogens with zero attached hydrogens (tertiary/aromatic N) is 1. The van der Waals surface area contributed by atoms with Crippen molar-refractivity contribution in [2.45, 2.75) is 31.2 Å². The van der Waals surface area contributed by atoms with E-state index < -0.39 is 11.6 Å². The van der Waals surface area contributed by atoms with Gasteiger partial charge in [-0.05, 0) is 43.9 Å². The van der Waals surface area contributed by atoms with E-state index in [9.17, 15) is 19.2 Å². The first-order chi connectivity index (χ1) is 13.2. The fourth-order valence-electron chi connectivity index (χ4n) is 3.62. The van der Waals surface area contributed by atoms with Gasteiger partial charge in [-0.3, -0.25) is 19.7 Å². The predicted octanol–water partition coefficient (Wildman–Crippen LogP) is 2.16. The summed E-state index contributed by atoms with van der Waals surface area (Å²) in [4.78, 5) is 49.6. The minimum absolute atomic E-state index is 0.113. The van der Waals surface area contributed by atoms with Crippen LogP contribution in [0.25, 0.3) is 0 Å². The topological polar surface area (TPSA) is 108 Å². The van der Waals surface area contributed by atoms with Crippen molar-refractivity contribution >= 4 is 52.6 Å². The fourth-order valence-corrected chi connectivity index (χ4v) is 3.92. The number of amides is 5. The molecule has 5 amide bonds. The molecule has 2 fully saturated rings. The third-order valence-electron chi connectivity index (χ3n) is 5.16. The van der Waals surface area contributed by atoms with Crippen LogP contribution in [0.5, 0.6) is 0 Å². The molecule has 0 bridgehead atoms. The molecule has 2 aliphatic rings. The summed E-state index contributed by atoms with van der Waals surface area (Å²) in [6, 6.07) is 4.23. The second-order valence-corrected chi connectivity index (χ2v) is 7.95. The van der Waals surface area contributed by atoms with Gasteiger partial charge in [0.25, 0.3) is 5.91 Å². The molecule has 1 spiro atoms. The van der Waals surface area contributed by atoms with Crippen LogP contribution in [-0.2, 0) is 14.4 Å². The molecule has 1 saturated carbocycles. The first-order valence-electron chi connectivity index (χ1n) is 8.84. The summed E-state index contributed by atoms with van der Waals surface area (Å²) in [5.41, 5.74) is -0.416. The Bertz CT molecular complexity index is 837. The van der Waals surface area contributed by atoms with E-state index in [1.54, 1.807) is 19.2 Å². The zero-order valence-electron chi connectivity index (χ0n) is 15.2. The van der Waals surface area contributed by atoms with E-state index in [-0.39, 0.29) is 30.2 Å². The first-order valence-corrected chi connectivity index (χ1v) is 9.59. The average molecular weight is 427 g/mol. The largest absolute Gasteiger partial charge is 0.336 e. The van der Waals surface area contributed by atoms with E-state index in [0.717, 1.165) is 0 Å². The molecule has 0 aromatic heterocycles. The zero-order valence-corrected chi connectivity index (χ0v) is 16.7. The molecule has 10 heteroatoms. The SMILES string of the molecule is CN(CC(=O)Nc1ccc(Cl)c(Cl)c1)C(=O)C1CCC2(CC1)NC(=O)NC2=O. The molecule has 8 nitrogen and oxygen atoms in total. The summed E-state index contributed by atoms with van der Waals surface area (Å²) >= 11 is 11.8. The summed E-state index contributed by atoms with van der Waals surface area (Å²) in [6.45, 7) is -0.113. The molecule has 1 aliphatic heterocycles. The highest BCUT2D eigenvalue weighted by Crippen LogP contribution is 2.35. The first kappa shape index (κ1) is 20.4. The number of halogens is 2. The van der Waals surface area contributed by atoms with Gasteiger partial charge in [-0.2, -0.15) is 0 Å². The summed E-state index contributed by atoms with van der Waals surface area (Å²) < 4.78 is 0. The lowest BCUT2D eigenvalue weighted by Crippen LogP contribution is -2.51. The Morgan fingerprint density at radius 1 is 1.21 bits per heavy atom. The minimum atomic E-state index is -0.905. The number of rotatable bonds is 4. The van der Waals surface area contributed by atoms with Crippen LogP contribution in [0.15, 0.2) is 18.2 Å². The Morgan fingerprint density at radius 2 is 1.89 bits per heavy atom. The van der Waals surface area contributed by atoms with Crippen LogP contribution in [0.1, 0.15) is 25.7 Å². The molecule has 28 heavy (non-hydrogen) atoms. The van der Waals surface area contributed by atoms with Gasteiger partial charge < -0.3 is 15.5 Å². The molecule has 3 rings (SSSR count). The summed E-state index contributed by atoms with van der Waals surface area (Å²) in [5, 5.41) is 8.29. The number of anilines is 1. The number of hydrogen-bond donors (Lipinski definition) is 3. The highest BCUT2D eigenvalue weighted by molar-refractivity contribution is 6.42. The second kappa shape index (κ2) is 7.97. The number of benzene rings is 1. The second-order valence-electron chi connectivity index (χ2n) is 7.14. The molecule has 0 unspecified atom stereocenters. The van der Waals surface area contributed by atoms with Gasteiger partial charge in [0, 0.05) is 18.7 Å². The number of likely N-dealkylation sites (N-methyl/N-ethyl adjacent to an activating group) is 1. The highest BCUT2D eigenvalue weighted by atomic mass is 35.5. The maximum absolute atomic E-state index is 12.7. The van der Waals surface area contributed by atoms with Crippen molar-refractivity contribution in [1.82, 2.24) is 15.5 Å². The molecule has 0 radical (unpaired) electrons. The third kappa shape index (κ3) is 4.23. The van der Waals surface area contributed by atoms with Gasteiger partial charge >= 0.3 is 6.03 Å². The van der Waals surface area contributed by atoms with Crippen molar-refractivity contribution in [3.05, 3.63) is 28.2 Å². The van der Waals surface area contributed by atoms with E-state index >= 15 is 0 Å². The van der Waals surface area contributed by atoms with Crippen LogP contribution in [0.2, 0.25) is 10.0 Å². The van der Waals surface area contributed by atoms with Gasteiger partial charge in [0.15, 0.2) is 0 Å². The molecule has 1 aliphatic carbocycles. The summed E-state index contributed by atoms with van der Waals surface area (Å²) in [6.07, 6.45) is 1.71. The van der Waals surface area contributed by atoms with Crippen molar-refractivity contribution < 1.29 is 19.2 Å². The fraction of sp³-hybridized carbons (Fsp3) is 0.444. The van der Waals surface area contributed by atoms with Crippen LogP contribution >= 0.6 is 23.2 Å². The van der Waals surface area contributed by atoms with E-state index in [4.69, 9.17) is 23.2 Å². The van der Waals surface area contributed by atoms with Crippen molar-refractivity contribution in [2.24, 2.45) is 5.92 Å². The highest BCUT2D eigenvalue weighted by Gasteiger charge is 2.49. The molecule has 0 atom stereocenters. The average Bonchev–Trinajstić information content (AvgIpc) is 2.91. The van der Waals surface area contributed by atoms with Crippen LogP contribution in [0.3, 0.4) is 0 Å². The molecule has 1 aromatic carbocycles. The lowest BCUT2D eigenvalue weighted by atomic mass is 9.76. The Morgan fingerprint density at radius 3 is 2.46 bits per heavy atom. The number of carbonyl (C=O) groups is 4. The Balaban J connectivity index is 1.52. The van der Waals surface area contributed by atoms with Gasteiger partial charge in [-0.25, -0.2) is 4.79 Å².